The van der Waals surface area contributed by atoms with Crippen LogP contribution >= 0.6 is 0 Å². The minimum Gasteiger partial charge on any atom is -0.508 e. The third-order valence-electron chi connectivity index (χ3n) is 4.99. The average molecular weight is 389 g/mol. The van der Waals surface area contributed by atoms with Crippen molar-refractivity contribution in [1.82, 2.24) is 0 Å². The zero-order chi connectivity index (χ0) is 20.3. The van der Waals surface area contributed by atoms with Gasteiger partial charge in [-0.05, 0) is 56.4 Å². The zero-order valence-corrected chi connectivity index (χ0v) is 17.8. The summed E-state index contributed by atoms with van der Waals surface area (Å²) in [5.74, 6) is -0.151. The smallest absolute Gasteiger partial charge is 0.338 e. The lowest BCUT2D eigenvalue weighted by molar-refractivity contribution is 0.0497. The fourth-order valence-electron chi connectivity index (χ4n) is 3.20. The Balaban J connectivity index is 1.82. The predicted octanol–water partition coefficient (Wildman–Crippen LogP) is 7.59. The maximum absolute atomic E-state index is 11.8. The van der Waals surface area contributed by atoms with E-state index in [2.05, 4.69) is 19.1 Å². The van der Waals surface area contributed by atoms with Gasteiger partial charge in [-0.3, -0.25) is 0 Å². The molecule has 1 aromatic rings. The van der Waals surface area contributed by atoms with Gasteiger partial charge in [0.25, 0.3) is 0 Å². The van der Waals surface area contributed by atoms with E-state index in [1.54, 1.807) is 12.1 Å². The Hall–Kier alpha value is -1.77. The minimum atomic E-state index is -0.309. The first-order valence-corrected chi connectivity index (χ1v) is 11.3. The van der Waals surface area contributed by atoms with Crippen molar-refractivity contribution in [1.29, 1.82) is 0 Å². The number of hydrogen-bond donors (Lipinski definition) is 1. The Morgan fingerprint density at radius 1 is 0.786 bits per heavy atom. The number of unbranched alkanes of at least 4 members (excludes halogenated alkanes) is 12. The van der Waals surface area contributed by atoms with Crippen LogP contribution in [0.1, 0.15) is 107 Å². The molecular weight excluding hydrogens is 348 g/mol. The second-order valence-corrected chi connectivity index (χ2v) is 7.62. The van der Waals surface area contributed by atoms with Crippen molar-refractivity contribution in [3.63, 3.8) is 0 Å². The molecule has 3 nitrogen and oxygen atoms in total. The summed E-state index contributed by atoms with van der Waals surface area (Å²) in [5.41, 5.74) is 0.491. The van der Waals surface area contributed by atoms with Gasteiger partial charge in [0.2, 0.25) is 0 Å². The number of allylic oxidation sites excluding steroid dienone is 2. The van der Waals surface area contributed by atoms with Crippen molar-refractivity contribution in [2.75, 3.05) is 6.61 Å². The molecule has 0 heterocycles. The van der Waals surface area contributed by atoms with Crippen LogP contribution in [0, 0.1) is 0 Å². The summed E-state index contributed by atoms with van der Waals surface area (Å²) < 4.78 is 5.26. The van der Waals surface area contributed by atoms with E-state index in [0.29, 0.717) is 12.2 Å². The van der Waals surface area contributed by atoms with Gasteiger partial charge in [-0.25, -0.2) is 4.79 Å². The summed E-state index contributed by atoms with van der Waals surface area (Å²) in [7, 11) is 0. The van der Waals surface area contributed by atoms with Gasteiger partial charge in [0.1, 0.15) is 5.75 Å². The SMILES string of the molecule is CCCCC/C=C/CCCCCCCCCCCOC(=O)c1ccc(O)cc1. The summed E-state index contributed by atoms with van der Waals surface area (Å²) >= 11 is 0. The first kappa shape index (κ1) is 24.3. The first-order chi connectivity index (χ1) is 13.7. The Labute approximate surface area is 172 Å². The molecule has 1 aromatic carbocycles. The van der Waals surface area contributed by atoms with Crippen LogP contribution in [-0.4, -0.2) is 17.7 Å². The number of hydrogen-bond acceptors (Lipinski definition) is 3. The molecule has 158 valence electrons. The molecule has 0 aliphatic carbocycles. The molecule has 0 aromatic heterocycles. The van der Waals surface area contributed by atoms with Crippen molar-refractivity contribution in [3.8, 4) is 5.75 Å². The van der Waals surface area contributed by atoms with Crippen LogP contribution in [0.2, 0.25) is 0 Å². The van der Waals surface area contributed by atoms with E-state index in [-0.39, 0.29) is 11.7 Å². The molecular formula is C25H40O3. The van der Waals surface area contributed by atoms with Crippen LogP contribution in [0.3, 0.4) is 0 Å². The van der Waals surface area contributed by atoms with E-state index < -0.39 is 0 Å². The quantitative estimate of drug-likeness (QED) is 0.170. The van der Waals surface area contributed by atoms with Crippen LogP contribution in [0.5, 0.6) is 5.75 Å². The van der Waals surface area contributed by atoms with Crippen LogP contribution in [0.4, 0.5) is 0 Å². The Morgan fingerprint density at radius 3 is 1.86 bits per heavy atom. The summed E-state index contributed by atoms with van der Waals surface area (Å²) in [5, 5.41) is 9.22. The third kappa shape index (κ3) is 13.4. The summed E-state index contributed by atoms with van der Waals surface area (Å²) in [6.07, 6.45) is 22.5. The topological polar surface area (TPSA) is 46.5 Å². The zero-order valence-electron chi connectivity index (χ0n) is 17.8. The van der Waals surface area contributed by atoms with Gasteiger partial charge in [-0.1, -0.05) is 76.9 Å². The normalized spacial score (nSPS) is 11.2. The largest absolute Gasteiger partial charge is 0.508 e. The van der Waals surface area contributed by atoms with Crippen LogP contribution in [0.25, 0.3) is 0 Å². The van der Waals surface area contributed by atoms with Gasteiger partial charge < -0.3 is 9.84 Å². The molecule has 0 aliphatic rings. The molecule has 0 amide bonds. The van der Waals surface area contributed by atoms with Gasteiger partial charge in [0.05, 0.1) is 12.2 Å². The standard InChI is InChI=1S/C25H40O3/c1-2-3-4-5-6-7-8-9-10-11-12-13-14-15-16-17-22-28-25(27)23-18-20-24(26)21-19-23/h6-7,18-21,26H,2-5,8-17,22H2,1H3/b7-6+. The second kappa shape index (κ2) is 17.3. The number of carbonyl (C=O) groups is 1. The van der Waals surface area contributed by atoms with E-state index in [9.17, 15) is 9.90 Å². The lowest BCUT2D eigenvalue weighted by Crippen LogP contribution is -2.06. The highest BCUT2D eigenvalue weighted by Crippen LogP contribution is 2.13. The molecule has 28 heavy (non-hydrogen) atoms. The summed E-state index contributed by atoms with van der Waals surface area (Å²) in [4.78, 5) is 11.8. The highest BCUT2D eigenvalue weighted by molar-refractivity contribution is 5.89. The first-order valence-electron chi connectivity index (χ1n) is 11.3. The molecule has 0 unspecified atom stereocenters. The maximum Gasteiger partial charge on any atom is 0.338 e. The average Bonchev–Trinajstić information content (AvgIpc) is 2.70. The van der Waals surface area contributed by atoms with Crippen molar-refractivity contribution in [3.05, 3.63) is 42.0 Å². The summed E-state index contributed by atoms with van der Waals surface area (Å²) in [6, 6.07) is 6.17. The Morgan fingerprint density at radius 2 is 1.29 bits per heavy atom. The molecule has 1 rings (SSSR count). The van der Waals surface area contributed by atoms with E-state index in [0.717, 1.165) is 12.8 Å². The highest BCUT2D eigenvalue weighted by atomic mass is 16.5. The minimum absolute atomic E-state index is 0.159. The third-order valence-corrected chi connectivity index (χ3v) is 4.99. The van der Waals surface area contributed by atoms with Gasteiger partial charge >= 0.3 is 5.97 Å². The Kier molecular flexibility index (Phi) is 15.0. The predicted molar refractivity (Wildman–Crippen MR) is 118 cm³/mol. The Bertz CT molecular complexity index is 519. The molecule has 0 aliphatic heterocycles. The van der Waals surface area contributed by atoms with Gasteiger partial charge in [0.15, 0.2) is 0 Å². The molecule has 0 fully saturated rings. The maximum atomic E-state index is 11.8. The van der Waals surface area contributed by atoms with Gasteiger partial charge in [-0.15, -0.1) is 0 Å². The fraction of sp³-hybridized carbons (Fsp3) is 0.640. The number of phenolic OH excluding ortho intramolecular Hbond substituents is 1. The van der Waals surface area contributed by atoms with Crippen LogP contribution < -0.4 is 0 Å². The molecule has 1 N–H and O–H groups in total. The lowest BCUT2D eigenvalue weighted by Gasteiger charge is -2.05. The molecule has 0 saturated heterocycles. The van der Waals surface area contributed by atoms with Crippen molar-refractivity contribution in [2.24, 2.45) is 0 Å². The monoisotopic (exact) mass is 388 g/mol. The number of carbonyl (C=O) groups excluding carboxylic acids is 1. The number of phenols is 1. The molecule has 0 radical (unpaired) electrons. The van der Waals surface area contributed by atoms with E-state index in [1.165, 1.54) is 89.2 Å². The van der Waals surface area contributed by atoms with Gasteiger partial charge in [0, 0.05) is 0 Å². The highest BCUT2D eigenvalue weighted by Gasteiger charge is 2.06. The van der Waals surface area contributed by atoms with Gasteiger partial charge in [-0.2, -0.15) is 0 Å². The lowest BCUT2D eigenvalue weighted by atomic mass is 10.1. The number of benzene rings is 1. The molecule has 3 heteroatoms. The molecule has 0 spiro atoms. The summed E-state index contributed by atoms with van der Waals surface area (Å²) in [6.45, 7) is 2.73. The van der Waals surface area contributed by atoms with Crippen molar-refractivity contribution >= 4 is 5.97 Å². The van der Waals surface area contributed by atoms with E-state index in [4.69, 9.17) is 4.74 Å². The number of rotatable bonds is 17. The number of aromatic hydroxyl groups is 1. The van der Waals surface area contributed by atoms with Crippen molar-refractivity contribution < 1.29 is 14.6 Å². The fourth-order valence-corrected chi connectivity index (χ4v) is 3.20. The van der Waals surface area contributed by atoms with E-state index >= 15 is 0 Å². The van der Waals surface area contributed by atoms with Crippen LogP contribution in [0.15, 0.2) is 36.4 Å². The second-order valence-electron chi connectivity index (χ2n) is 7.62. The molecule has 0 atom stereocenters. The van der Waals surface area contributed by atoms with Crippen molar-refractivity contribution in [2.45, 2.75) is 96.8 Å². The molecule has 0 saturated carbocycles. The number of ether oxygens (including phenoxy) is 1. The van der Waals surface area contributed by atoms with Crippen LogP contribution in [-0.2, 0) is 4.74 Å². The number of esters is 1. The molecule has 0 bridgehead atoms. The van der Waals surface area contributed by atoms with E-state index in [1.807, 2.05) is 0 Å².